The minimum Gasteiger partial charge on any atom is -0.388 e. The first kappa shape index (κ1) is 19.5. The largest absolute Gasteiger partial charge is 0.439 e. The van der Waals surface area contributed by atoms with Crippen molar-refractivity contribution in [3.8, 4) is 0 Å². The molecule has 1 aliphatic carbocycles. The average molecular weight is 406 g/mol. The van der Waals surface area contributed by atoms with Crippen LogP contribution in [0.5, 0.6) is 0 Å². The lowest BCUT2D eigenvalue weighted by molar-refractivity contribution is -0.269. The number of halogens is 3. The summed E-state index contributed by atoms with van der Waals surface area (Å²) in [7, 11) is 0. The highest BCUT2D eigenvalue weighted by molar-refractivity contribution is 7.80. The van der Waals surface area contributed by atoms with Crippen LogP contribution in [0, 0.1) is 17.3 Å². The number of nitrogens with two attached hydrogens (primary N) is 1. The second-order valence-corrected chi connectivity index (χ2v) is 9.12. The molecule has 0 unspecified atom stereocenters. The number of alkyl halides is 3. The number of rotatable bonds is 2. The maximum absolute atomic E-state index is 14.0. The van der Waals surface area contributed by atoms with Crippen molar-refractivity contribution >= 4 is 39.4 Å². The lowest BCUT2D eigenvalue weighted by atomic mass is 9.66. The third kappa shape index (κ3) is 2.91. The van der Waals surface area contributed by atoms with Gasteiger partial charge in [0.2, 0.25) is 5.13 Å². The molecule has 2 aliphatic rings. The number of nitrogens with zero attached hydrogens (tertiary/aromatic N) is 3. The zero-order valence-corrected chi connectivity index (χ0v) is 16.3. The summed E-state index contributed by atoms with van der Waals surface area (Å²) in [5, 5.41) is 17.2. The first-order valence-corrected chi connectivity index (χ1v) is 9.59. The second-order valence-electron chi connectivity index (χ2n) is 7.84. The standard InChI is InChI=1S/C16H21F3N4OS2/c1-14(2,3)8-5-4-6-9-11(8)22-23(15(9,24)16(17,18)19)13-21-10(7-26-13)12(20)25/h7-9,24H,4-6H2,1-3H3,(H2,20,25)/t8-,9-,15+/m1/s1. The van der Waals surface area contributed by atoms with Crippen LogP contribution in [-0.2, 0) is 0 Å². The first-order chi connectivity index (χ1) is 11.9. The Morgan fingerprint density at radius 1 is 1.38 bits per heavy atom. The Kier molecular flexibility index (Phi) is 4.60. The lowest BCUT2D eigenvalue weighted by Crippen LogP contribution is -2.61. The molecule has 5 nitrogen and oxygen atoms in total. The number of thiazole rings is 1. The van der Waals surface area contributed by atoms with Gasteiger partial charge >= 0.3 is 6.18 Å². The van der Waals surface area contributed by atoms with Gasteiger partial charge in [-0.3, -0.25) is 0 Å². The van der Waals surface area contributed by atoms with Crippen LogP contribution < -0.4 is 10.7 Å². The van der Waals surface area contributed by atoms with Crippen LogP contribution in [0.3, 0.4) is 0 Å². The summed E-state index contributed by atoms with van der Waals surface area (Å²) < 4.78 is 42.0. The number of aromatic nitrogens is 1. The normalized spacial score (nSPS) is 29.5. The quantitative estimate of drug-likeness (QED) is 0.733. The van der Waals surface area contributed by atoms with Crippen LogP contribution in [0.1, 0.15) is 45.7 Å². The molecule has 0 amide bonds. The van der Waals surface area contributed by atoms with E-state index in [1.54, 1.807) is 0 Å². The van der Waals surface area contributed by atoms with E-state index in [2.05, 4.69) is 10.1 Å². The van der Waals surface area contributed by atoms with Gasteiger partial charge in [-0.25, -0.2) is 4.98 Å². The summed E-state index contributed by atoms with van der Waals surface area (Å²) in [6.07, 6.45) is -3.31. The van der Waals surface area contributed by atoms with Crippen LogP contribution in [0.15, 0.2) is 10.5 Å². The van der Waals surface area contributed by atoms with E-state index in [9.17, 15) is 18.3 Å². The Bertz CT molecular complexity index is 755. The summed E-state index contributed by atoms with van der Waals surface area (Å²) in [5.41, 5.74) is 2.75. The maximum Gasteiger partial charge on any atom is 0.439 e. The molecule has 3 rings (SSSR count). The minimum atomic E-state index is -4.89. The molecule has 0 radical (unpaired) electrons. The Hall–Kier alpha value is -1.26. The number of fused-ring (bicyclic) bond motifs is 1. The summed E-state index contributed by atoms with van der Waals surface area (Å²) in [5.74, 6) is -1.26. The lowest BCUT2D eigenvalue weighted by Gasteiger charge is -2.41. The number of anilines is 1. The van der Waals surface area contributed by atoms with Crippen molar-refractivity contribution < 1.29 is 18.3 Å². The molecule has 0 spiro atoms. The van der Waals surface area contributed by atoms with E-state index in [1.807, 2.05) is 20.8 Å². The number of thiocarbonyl (C=S) groups is 1. The van der Waals surface area contributed by atoms with Crippen LogP contribution in [0.4, 0.5) is 18.3 Å². The molecule has 1 saturated carbocycles. The van der Waals surface area contributed by atoms with Crippen molar-refractivity contribution in [2.24, 2.45) is 28.1 Å². The molecule has 3 atom stereocenters. The van der Waals surface area contributed by atoms with Gasteiger partial charge < -0.3 is 10.8 Å². The minimum absolute atomic E-state index is 0.0140. The van der Waals surface area contributed by atoms with Crippen molar-refractivity contribution in [3.05, 3.63) is 11.1 Å². The van der Waals surface area contributed by atoms with Gasteiger partial charge in [0.1, 0.15) is 10.7 Å². The monoisotopic (exact) mass is 406 g/mol. The van der Waals surface area contributed by atoms with E-state index in [-0.39, 0.29) is 33.6 Å². The number of hydrogen-bond donors (Lipinski definition) is 2. The Balaban J connectivity index is 2.13. The highest BCUT2D eigenvalue weighted by Gasteiger charge is 2.69. The fourth-order valence-corrected chi connectivity index (χ4v) is 4.82. The molecule has 1 fully saturated rings. The number of aliphatic hydroxyl groups is 1. The zero-order chi connectivity index (χ0) is 19.5. The van der Waals surface area contributed by atoms with Crippen molar-refractivity contribution in [3.63, 3.8) is 0 Å². The van der Waals surface area contributed by atoms with E-state index in [0.29, 0.717) is 17.1 Å². The Labute approximate surface area is 159 Å². The number of hydrogen-bond acceptors (Lipinski definition) is 6. The third-order valence-electron chi connectivity index (χ3n) is 5.11. The highest BCUT2D eigenvalue weighted by Crippen LogP contribution is 2.53. The summed E-state index contributed by atoms with van der Waals surface area (Å²) in [4.78, 5) is 4.04. The smallest absolute Gasteiger partial charge is 0.388 e. The van der Waals surface area contributed by atoms with Crippen LogP contribution in [0.25, 0.3) is 0 Å². The summed E-state index contributed by atoms with van der Waals surface area (Å²) in [6, 6.07) is 0. The van der Waals surface area contributed by atoms with Gasteiger partial charge in [0.25, 0.3) is 5.72 Å². The molecule has 26 heavy (non-hydrogen) atoms. The molecule has 3 N–H and O–H groups in total. The summed E-state index contributed by atoms with van der Waals surface area (Å²) in [6.45, 7) is 5.94. The molecule has 144 valence electrons. The molecule has 1 aliphatic heterocycles. The first-order valence-electron chi connectivity index (χ1n) is 8.30. The molecule has 10 heteroatoms. The van der Waals surface area contributed by atoms with Crippen LogP contribution >= 0.6 is 23.6 Å². The van der Waals surface area contributed by atoms with Crippen molar-refractivity contribution in [2.45, 2.75) is 51.9 Å². The van der Waals surface area contributed by atoms with E-state index in [0.717, 1.165) is 17.8 Å². The molecule has 2 heterocycles. The van der Waals surface area contributed by atoms with E-state index < -0.39 is 17.8 Å². The van der Waals surface area contributed by atoms with Gasteiger partial charge in [0.05, 0.1) is 11.6 Å². The fourth-order valence-electron chi connectivity index (χ4n) is 3.81. The average Bonchev–Trinajstić information content (AvgIpc) is 3.09. The highest BCUT2D eigenvalue weighted by atomic mass is 32.1. The van der Waals surface area contributed by atoms with Gasteiger partial charge in [-0.2, -0.15) is 23.3 Å². The third-order valence-corrected chi connectivity index (χ3v) is 6.14. The van der Waals surface area contributed by atoms with Crippen molar-refractivity contribution in [2.75, 3.05) is 5.01 Å². The molecule has 1 aromatic rings. The molecule has 0 bridgehead atoms. The summed E-state index contributed by atoms with van der Waals surface area (Å²) >= 11 is 5.76. The Morgan fingerprint density at radius 3 is 2.54 bits per heavy atom. The Morgan fingerprint density at radius 2 is 2.04 bits per heavy atom. The van der Waals surface area contributed by atoms with E-state index in [4.69, 9.17) is 18.0 Å². The molecule has 1 aromatic heterocycles. The predicted molar refractivity (Wildman–Crippen MR) is 99.2 cm³/mol. The maximum atomic E-state index is 14.0. The van der Waals surface area contributed by atoms with Crippen molar-refractivity contribution in [1.82, 2.24) is 4.98 Å². The van der Waals surface area contributed by atoms with Gasteiger partial charge in [-0.1, -0.05) is 39.4 Å². The van der Waals surface area contributed by atoms with Crippen LogP contribution in [-0.4, -0.2) is 32.7 Å². The zero-order valence-electron chi connectivity index (χ0n) is 14.7. The second kappa shape index (κ2) is 6.13. The van der Waals surface area contributed by atoms with Crippen LogP contribution in [0.2, 0.25) is 0 Å². The molecular weight excluding hydrogens is 385 g/mol. The van der Waals surface area contributed by atoms with Gasteiger partial charge in [-0.15, -0.1) is 11.3 Å². The number of hydrazone groups is 1. The van der Waals surface area contributed by atoms with E-state index in [1.165, 1.54) is 5.38 Å². The van der Waals surface area contributed by atoms with Crippen molar-refractivity contribution in [1.29, 1.82) is 0 Å². The van der Waals surface area contributed by atoms with Gasteiger partial charge in [0.15, 0.2) is 0 Å². The van der Waals surface area contributed by atoms with Gasteiger partial charge in [-0.05, 0) is 18.3 Å². The molecule has 0 saturated heterocycles. The predicted octanol–water partition coefficient (Wildman–Crippen LogP) is 3.67. The van der Waals surface area contributed by atoms with E-state index >= 15 is 0 Å². The molecular formula is C16H21F3N4OS2. The topological polar surface area (TPSA) is 74.7 Å². The SMILES string of the molecule is CC(C)(C)[C@@H]1CCC[C@@H]2C1=NN(c1nc(C(N)=S)cs1)[C@@]2(O)C(F)(F)F. The fraction of sp³-hybridized carbons (Fsp3) is 0.688. The molecule has 0 aromatic carbocycles. The van der Waals surface area contributed by atoms with Gasteiger partial charge in [0, 0.05) is 11.3 Å².